The number of aliphatic hydroxyl groups excluding tert-OH is 3. The number of ether oxygens (including phenoxy) is 1. The van der Waals surface area contributed by atoms with Gasteiger partial charge in [-0.2, -0.15) is 0 Å². The molecule has 0 heterocycles. The van der Waals surface area contributed by atoms with Crippen LogP contribution in [0.2, 0.25) is 0 Å². The molecule has 0 spiro atoms. The minimum atomic E-state index is -1.03. The van der Waals surface area contributed by atoms with Crippen molar-refractivity contribution in [2.75, 3.05) is 13.2 Å². The van der Waals surface area contributed by atoms with E-state index < -0.39 is 18.7 Å². The zero-order valence-electron chi connectivity index (χ0n) is 13.2. The fraction of sp³-hybridized carbons (Fsp3) is 0.588. The van der Waals surface area contributed by atoms with Gasteiger partial charge in [0, 0.05) is 6.08 Å². The van der Waals surface area contributed by atoms with Gasteiger partial charge in [0.25, 0.3) is 0 Å². The number of hydrogen-bond acceptors (Lipinski definition) is 5. The monoisotopic (exact) mass is 312 g/mol. The predicted octanol–water partition coefficient (Wildman–Crippen LogP) is 1.88. The van der Waals surface area contributed by atoms with Crippen molar-refractivity contribution in [3.05, 3.63) is 36.5 Å². The first-order chi connectivity index (χ1) is 10.6. The molecule has 0 rings (SSSR count). The maximum Gasteiger partial charge on any atom is 0.330 e. The van der Waals surface area contributed by atoms with Gasteiger partial charge in [0.1, 0.15) is 12.7 Å². The van der Waals surface area contributed by atoms with Gasteiger partial charge >= 0.3 is 5.97 Å². The Morgan fingerprint density at radius 3 is 2.45 bits per heavy atom. The molecule has 0 unspecified atom stereocenters. The first kappa shape index (κ1) is 20.6. The van der Waals surface area contributed by atoms with E-state index in [0.29, 0.717) is 0 Å². The molecule has 0 fully saturated rings. The van der Waals surface area contributed by atoms with Crippen LogP contribution < -0.4 is 0 Å². The third-order valence-corrected chi connectivity index (χ3v) is 2.77. The summed E-state index contributed by atoms with van der Waals surface area (Å²) in [6.07, 6.45) is 14.2. The summed E-state index contributed by atoms with van der Waals surface area (Å²) in [5.41, 5.74) is 0. The highest BCUT2D eigenvalue weighted by Crippen LogP contribution is 2.02. The number of rotatable bonds is 12. The lowest BCUT2D eigenvalue weighted by Crippen LogP contribution is -2.21. The highest BCUT2D eigenvalue weighted by atomic mass is 16.5. The van der Waals surface area contributed by atoms with Crippen molar-refractivity contribution in [1.82, 2.24) is 0 Å². The third-order valence-electron chi connectivity index (χ3n) is 2.77. The van der Waals surface area contributed by atoms with E-state index in [1.165, 1.54) is 6.08 Å². The Morgan fingerprint density at radius 2 is 1.77 bits per heavy atom. The Morgan fingerprint density at radius 1 is 1.09 bits per heavy atom. The van der Waals surface area contributed by atoms with Crippen molar-refractivity contribution in [3.63, 3.8) is 0 Å². The molecule has 5 heteroatoms. The van der Waals surface area contributed by atoms with Crippen molar-refractivity contribution in [1.29, 1.82) is 0 Å². The van der Waals surface area contributed by atoms with E-state index in [4.69, 9.17) is 20.1 Å². The molecule has 0 aliphatic heterocycles. The second kappa shape index (κ2) is 14.5. The summed E-state index contributed by atoms with van der Waals surface area (Å²) in [6, 6.07) is 0. The van der Waals surface area contributed by atoms with Gasteiger partial charge < -0.3 is 20.1 Å². The van der Waals surface area contributed by atoms with Crippen molar-refractivity contribution in [3.8, 4) is 0 Å². The van der Waals surface area contributed by atoms with Crippen molar-refractivity contribution < 1.29 is 24.9 Å². The highest BCUT2D eigenvalue weighted by molar-refractivity contribution is 5.82. The van der Waals surface area contributed by atoms with E-state index in [1.807, 2.05) is 6.08 Å². The summed E-state index contributed by atoms with van der Waals surface area (Å²) in [7, 11) is 0. The van der Waals surface area contributed by atoms with E-state index >= 15 is 0 Å². The Labute approximate surface area is 132 Å². The maximum atomic E-state index is 11.2. The first-order valence-corrected chi connectivity index (χ1v) is 7.68. The van der Waals surface area contributed by atoms with E-state index in [0.717, 1.165) is 32.1 Å². The van der Waals surface area contributed by atoms with Gasteiger partial charge in [-0.3, -0.25) is 0 Å². The number of carbonyl (C=O) groups excluding carboxylic acids is 1. The Bertz CT molecular complexity index is 358. The van der Waals surface area contributed by atoms with Gasteiger partial charge in [-0.15, -0.1) is 0 Å². The van der Waals surface area contributed by atoms with Crippen LogP contribution in [0.4, 0.5) is 0 Å². The van der Waals surface area contributed by atoms with Gasteiger partial charge in [-0.1, -0.05) is 30.4 Å². The van der Waals surface area contributed by atoms with Crippen LogP contribution in [0.3, 0.4) is 0 Å². The second-order valence-electron chi connectivity index (χ2n) is 5.08. The zero-order chi connectivity index (χ0) is 16.6. The minimum Gasteiger partial charge on any atom is -0.460 e. The average molecular weight is 312 g/mol. The van der Waals surface area contributed by atoms with Crippen LogP contribution in [-0.2, 0) is 9.53 Å². The van der Waals surface area contributed by atoms with Crippen LogP contribution in [0, 0.1) is 0 Å². The summed E-state index contributed by atoms with van der Waals surface area (Å²) >= 11 is 0. The predicted molar refractivity (Wildman–Crippen MR) is 86.2 cm³/mol. The van der Waals surface area contributed by atoms with Crippen LogP contribution in [-0.4, -0.2) is 46.7 Å². The molecule has 0 aromatic heterocycles. The topological polar surface area (TPSA) is 87.0 Å². The molecule has 22 heavy (non-hydrogen) atoms. The summed E-state index contributed by atoms with van der Waals surface area (Å²) in [5, 5.41) is 26.6. The average Bonchev–Trinajstić information content (AvgIpc) is 2.49. The Kier molecular flexibility index (Phi) is 13.6. The Hall–Kier alpha value is -1.43. The molecular formula is C17H28O5. The summed E-state index contributed by atoms with van der Waals surface area (Å²) < 4.78 is 4.70. The van der Waals surface area contributed by atoms with Crippen molar-refractivity contribution in [2.24, 2.45) is 0 Å². The fourth-order valence-corrected chi connectivity index (χ4v) is 1.55. The van der Waals surface area contributed by atoms with Crippen LogP contribution in [0.1, 0.15) is 39.0 Å². The molecule has 0 aliphatic rings. The van der Waals surface area contributed by atoms with Gasteiger partial charge in [0.05, 0.1) is 12.7 Å². The second-order valence-corrected chi connectivity index (χ2v) is 5.08. The van der Waals surface area contributed by atoms with E-state index in [1.54, 1.807) is 19.1 Å². The molecule has 0 aromatic carbocycles. The molecule has 0 bridgehead atoms. The highest BCUT2D eigenvalue weighted by Gasteiger charge is 2.04. The Balaban J connectivity index is 3.59. The van der Waals surface area contributed by atoms with Gasteiger partial charge in [0.2, 0.25) is 0 Å². The lowest BCUT2D eigenvalue weighted by atomic mass is 10.1. The molecule has 5 nitrogen and oxygen atoms in total. The van der Waals surface area contributed by atoms with Gasteiger partial charge in [-0.05, 0) is 39.0 Å². The smallest absolute Gasteiger partial charge is 0.330 e. The number of unbranched alkanes of at least 4 members (excludes halogenated alkanes) is 2. The number of carbonyl (C=O) groups is 1. The number of allylic oxidation sites excluding steroid dienone is 5. The number of esters is 1. The molecule has 0 saturated carbocycles. The fourth-order valence-electron chi connectivity index (χ4n) is 1.55. The first-order valence-electron chi connectivity index (χ1n) is 7.68. The quantitative estimate of drug-likeness (QED) is 0.168. The van der Waals surface area contributed by atoms with E-state index in [9.17, 15) is 4.79 Å². The SMILES string of the molecule is C[C@H](O)CCC/C=C/CC/C=C/C=C/C(=O)OC[C@@H](O)CO. The number of hydrogen-bond donors (Lipinski definition) is 3. The summed E-state index contributed by atoms with van der Waals surface area (Å²) in [6.45, 7) is 1.17. The van der Waals surface area contributed by atoms with E-state index in [-0.39, 0.29) is 12.7 Å². The molecule has 3 N–H and O–H groups in total. The normalized spacial score (nSPS) is 14.9. The summed E-state index contributed by atoms with van der Waals surface area (Å²) in [5.74, 6) is -0.546. The third kappa shape index (κ3) is 15.0. The maximum absolute atomic E-state index is 11.2. The molecule has 0 aliphatic carbocycles. The molecule has 126 valence electrons. The zero-order valence-corrected chi connectivity index (χ0v) is 13.2. The number of aliphatic hydroxyl groups is 3. The molecule has 0 radical (unpaired) electrons. The van der Waals surface area contributed by atoms with Gasteiger partial charge in [-0.25, -0.2) is 4.79 Å². The molecular weight excluding hydrogens is 284 g/mol. The van der Waals surface area contributed by atoms with Crippen molar-refractivity contribution in [2.45, 2.75) is 51.2 Å². The minimum absolute atomic E-state index is 0.205. The van der Waals surface area contributed by atoms with Crippen LogP contribution >= 0.6 is 0 Å². The van der Waals surface area contributed by atoms with Crippen molar-refractivity contribution >= 4 is 5.97 Å². The molecule has 0 amide bonds. The van der Waals surface area contributed by atoms with Crippen LogP contribution in [0.25, 0.3) is 0 Å². The van der Waals surface area contributed by atoms with Crippen LogP contribution in [0.5, 0.6) is 0 Å². The standard InChI is InChI=1S/C17H28O5/c1-15(19)11-9-7-5-3-2-4-6-8-10-12-17(21)22-14-16(20)13-18/h3,5-6,8,10,12,15-16,18-20H,2,4,7,9,11,13-14H2,1H3/b5-3+,8-6+,12-10+/t15-,16-/m0/s1. The molecule has 2 atom stereocenters. The lowest BCUT2D eigenvalue weighted by molar-refractivity contribution is -0.141. The van der Waals surface area contributed by atoms with E-state index in [2.05, 4.69) is 12.2 Å². The van der Waals surface area contributed by atoms with Crippen LogP contribution in [0.15, 0.2) is 36.5 Å². The largest absolute Gasteiger partial charge is 0.460 e. The molecule has 0 aromatic rings. The lowest BCUT2D eigenvalue weighted by Gasteiger charge is -2.05. The molecule has 0 saturated heterocycles. The van der Waals surface area contributed by atoms with Gasteiger partial charge in [0.15, 0.2) is 0 Å². The summed E-state index contributed by atoms with van der Waals surface area (Å²) in [4.78, 5) is 11.2.